The van der Waals surface area contributed by atoms with Gasteiger partial charge in [0.05, 0.1) is 11.4 Å². The van der Waals surface area contributed by atoms with Gasteiger partial charge in [-0.15, -0.1) is 0 Å². The van der Waals surface area contributed by atoms with E-state index >= 15 is 0 Å². The van der Waals surface area contributed by atoms with Crippen LogP contribution >= 0.6 is 0 Å². The van der Waals surface area contributed by atoms with Crippen LogP contribution in [0.4, 0.5) is 0 Å². The molecule has 2 aromatic rings. The van der Waals surface area contributed by atoms with E-state index in [0.29, 0.717) is 12.5 Å². The van der Waals surface area contributed by atoms with Crippen molar-refractivity contribution in [2.75, 3.05) is 7.05 Å². The van der Waals surface area contributed by atoms with Crippen molar-refractivity contribution in [3.8, 4) is 5.69 Å². The third-order valence-corrected chi connectivity index (χ3v) is 6.58. The number of aryl methyl sites for hydroxylation is 1. The maximum atomic E-state index is 12.8. The number of carbonyl (C=O) groups is 1. The summed E-state index contributed by atoms with van der Waals surface area (Å²) in [5.41, 5.74) is 4.35. The van der Waals surface area contributed by atoms with Gasteiger partial charge >= 0.3 is 0 Å². The molecule has 4 heteroatoms. The number of fused-ring (bicyclic) bond motifs is 2. The van der Waals surface area contributed by atoms with Gasteiger partial charge in [0.15, 0.2) is 0 Å². The Kier molecular flexibility index (Phi) is 4.60. The fourth-order valence-electron chi connectivity index (χ4n) is 5.06. The van der Waals surface area contributed by atoms with Crippen LogP contribution in [-0.4, -0.2) is 27.6 Å². The molecule has 0 N–H and O–H groups in total. The van der Waals surface area contributed by atoms with Crippen LogP contribution in [0.15, 0.2) is 30.3 Å². The second-order valence-corrected chi connectivity index (χ2v) is 8.29. The number of aromatic nitrogens is 2. The number of hydrogen-bond donors (Lipinski definition) is 0. The van der Waals surface area contributed by atoms with Gasteiger partial charge in [-0.25, -0.2) is 4.68 Å². The molecule has 2 aliphatic carbocycles. The standard InChI is InChI=1S/C22H29N3O/c1-15-21(16(2)25(23-15)20-7-5-4-6-8-20)14-24(3)22(26)13-19-12-17-9-10-18(19)11-17/h4-8,17-19H,9-14H2,1-3H3/t17-,18-,19+/m0/s1. The summed E-state index contributed by atoms with van der Waals surface area (Å²) in [6, 6.07) is 10.2. The molecule has 0 spiro atoms. The normalized spacial score (nSPS) is 24.2. The number of carbonyl (C=O) groups excluding carboxylic acids is 1. The van der Waals surface area contributed by atoms with Gasteiger partial charge in [-0.1, -0.05) is 24.6 Å². The van der Waals surface area contributed by atoms with E-state index in [2.05, 4.69) is 19.1 Å². The second kappa shape index (κ2) is 6.90. The summed E-state index contributed by atoms with van der Waals surface area (Å²) in [7, 11) is 1.94. The van der Waals surface area contributed by atoms with Gasteiger partial charge in [-0.05, 0) is 63.0 Å². The van der Waals surface area contributed by atoms with E-state index in [9.17, 15) is 4.79 Å². The van der Waals surface area contributed by atoms with Crippen molar-refractivity contribution < 1.29 is 4.79 Å². The summed E-state index contributed by atoms with van der Waals surface area (Å²) >= 11 is 0. The Labute approximate surface area is 156 Å². The quantitative estimate of drug-likeness (QED) is 0.807. The van der Waals surface area contributed by atoms with Gasteiger partial charge in [0.25, 0.3) is 0 Å². The number of hydrogen-bond acceptors (Lipinski definition) is 2. The zero-order valence-electron chi connectivity index (χ0n) is 16.1. The first-order valence-corrected chi connectivity index (χ1v) is 9.87. The smallest absolute Gasteiger partial charge is 0.222 e. The molecule has 1 amide bonds. The Morgan fingerprint density at radius 2 is 1.96 bits per heavy atom. The lowest BCUT2D eigenvalue weighted by molar-refractivity contribution is -0.131. The first-order valence-electron chi connectivity index (χ1n) is 9.87. The van der Waals surface area contributed by atoms with Crippen molar-refractivity contribution in [3.63, 3.8) is 0 Å². The van der Waals surface area contributed by atoms with E-state index in [-0.39, 0.29) is 5.91 Å². The summed E-state index contributed by atoms with van der Waals surface area (Å²) in [6.45, 7) is 4.77. The fourth-order valence-corrected chi connectivity index (χ4v) is 5.06. The molecule has 4 rings (SSSR count). The van der Waals surface area contributed by atoms with Gasteiger partial charge in [0.2, 0.25) is 5.91 Å². The number of benzene rings is 1. The lowest BCUT2D eigenvalue weighted by atomic mass is 9.86. The summed E-state index contributed by atoms with van der Waals surface area (Å²) < 4.78 is 1.99. The van der Waals surface area contributed by atoms with Gasteiger partial charge in [0, 0.05) is 31.3 Å². The molecular weight excluding hydrogens is 322 g/mol. The van der Waals surface area contributed by atoms with Gasteiger partial charge in [-0.2, -0.15) is 5.10 Å². The molecule has 1 aromatic carbocycles. The molecule has 2 bridgehead atoms. The van der Waals surface area contributed by atoms with Crippen molar-refractivity contribution in [1.29, 1.82) is 0 Å². The summed E-state index contributed by atoms with van der Waals surface area (Å²) in [5, 5.41) is 4.71. The van der Waals surface area contributed by atoms with Crippen molar-refractivity contribution in [2.45, 2.75) is 52.5 Å². The molecule has 4 nitrogen and oxygen atoms in total. The average molecular weight is 351 g/mol. The van der Waals surface area contributed by atoms with E-state index in [0.717, 1.165) is 40.9 Å². The van der Waals surface area contributed by atoms with E-state index in [4.69, 9.17) is 5.10 Å². The van der Waals surface area contributed by atoms with Gasteiger partial charge in [0.1, 0.15) is 0 Å². The van der Waals surface area contributed by atoms with E-state index in [1.54, 1.807) is 0 Å². The van der Waals surface area contributed by atoms with E-state index < -0.39 is 0 Å². The van der Waals surface area contributed by atoms with Crippen LogP contribution in [0.3, 0.4) is 0 Å². The van der Waals surface area contributed by atoms with E-state index in [1.807, 2.05) is 41.8 Å². The first kappa shape index (κ1) is 17.3. The maximum Gasteiger partial charge on any atom is 0.222 e. The minimum atomic E-state index is 0.286. The molecule has 138 valence electrons. The van der Waals surface area contributed by atoms with Crippen molar-refractivity contribution in [2.24, 2.45) is 17.8 Å². The minimum Gasteiger partial charge on any atom is -0.341 e. The van der Waals surface area contributed by atoms with Crippen LogP contribution < -0.4 is 0 Å². The SMILES string of the molecule is Cc1nn(-c2ccccc2)c(C)c1CN(C)C(=O)C[C@H]1C[C@H]2CC[C@H]1C2. The molecule has 2 aliphatic rings. The highest BCUT2D eigenvalue weighted by molar-refractivity contribution is 5.76. The molecule has 1 aromatic heterocycles. The Hall–Kier alpha value is -2.10. The van der Waals surface area contributed by atoms with Crippen LogP contribution in [0.5, 0.6) is 0 Å². The Morgan fingerprint density at radius 3 is 2.62 bits per heavy atom. The van der Waals surface area contributed by atoms with Crippen LogP contribution in [0.2, 0.25) is 0 Å². The van der Waals surface area contributed by atoms with Gasteiger partial charge < -0.3 is 4.90 Å². The molecule has 2 fully saturated rings. The lowest BCUT2D eigenvalue weighted by Gasteiger charge is -2.24. The van der Waals surface area contributed by atoms with Crippen LogP contribution in [-0.2, 0) is 11.3 Å². The van der Waals surface area contributed by atoms with Crippen LogP contribution in [0.25, 0.3) is 5.69 Å². The molecule has 26 heavy (non-hydrogen) atoms. The molecule has 0 radical (unpaired) electrons. The van der Waals surface area contributed by atoms with E-state index in [1.165, 1.54) is 25.7 Å². The number of nitrogens with zero attached hydrogens (tertiary/aromatic N) is 3. The van der Waals surface area contributed by atoms with Crippen molar-refractivity contribution >= 4 is 5.91 Å². The zero-order valence-corrected chi connectivity index (χ0v) is 16.1. The Bertz CT molecular complexity index is 795. The number of para-hydroxylation sites is 1. The molecular formula is C22H29N3O. The highest BCUT2D eigenvalue weighted by Crippen LogP contribution is 2.49. The first-order chi connectivity index (χ1) is 12.5. The minimum absolute atomic E-state index is 0.286. The number of amides is 1. The monoisotopic (exact) mass is 351 g/mol. The molecule has 0 aliphatic heterocycles. The average Bonchev–Trinajstić information content (AvgIpc) is 3.33. The van der Waals surface area contributed by atoms with Crippen molar-refractivity contribution in [1.82, 2.24) is 14.7 Å². The summed E-state index contributed by atoms with van der Waals surface area (Å²) in [4.78, 5) is 14.7. The molecule has 1 heterocycles. The highest BCUT2D eigenvalue weighted by Gasteiger charge is 2.40. The second-order valence-electron chi connectivity index (χ2n) is 8.29. The lowest BCUT2D eigenvalue weighted by Crippen LogP contribution is -2.29. The Morgan fingerprint density at radius 1 is 1.19 bits per heavy atom. The van der Waals surface area contributed by atoms with Crippen LogP contribution in [0, 0.1) is 31.6 Å². The fraction of sp³-hybridized carbons (Fsp3) is 0.545. The predicted octanol–water partition coefficient (Wildman–Crippen LogP) is 4.27. The maximum absolute atomic E-state index is 12.8. The molecule has 0 saturated heterocycles. The molecule has 0 unspecified atom stereocenters. The third-order valence-electron chi connectivity index (χ3n) is 6.58. The van der Waals surface area contributed by atoms with Gasteiger partial charge in [-0.3, -0.25) is 4.79 Å². The zero-order chi connectivity index (χ0) is 18.3. The summed E-state index contributed by atoms with van der Waals surface area (Å²) in [5.74, 6) is 2.62. The third kappa shape index (κ3) is 3.17. The molecule has 2 saturated carbocycles. The van der Waals surface area contributed by atoms with Crippen LogP contribution in [0.1, 0.15) is 49.1 Å². The Balaban J connectivity index is 1.45. The van der Waals surface area contributed by atoms with Crippen molar-refractivity contribution in [3.05, 3.63) is 47.3 Å². The number of rotatable bonds is 5. The molecule has 3 atom stereocenters. The highest BCUT2D eigenvalue weighted by atomic mass is 16.2. The predicted molar refractivity (Wildman–Crippen MR) is 103 cm³/mol. The largest absolute Gasteiger partial charge is 0.341 e. The topological polar surface area (TPSA) is 38.1 Å². The summed E-state index contributed by atoms with van der Waals surface area (Å²) in [6.07, 6.45) is 6.09.